The van der Waals surface area contributed by atoms with Crippen LogP contribution in [-0.4, -0.2) is 31.8 Å². The van der Waals surface area contributed by atoms with Gasteiger partial charge in [-0.25, -0.2) is 9.59 Å². The third kappa shape index (κ3) is 7.84. The Bertz CT molecular complexity index is 506. The van der Waals surface area contributed by atoms with Crippen LogP contribution in [0.1, 0.15) is 12.5 Å². The highest BCUT2D eigenvalue weighted by Crippen LogP contribution is 2.11. The lowest BCUT2D eigenvalue weighted by Gasteiger charge is -2.06. The predicted molar refractivity (Wildman–Crippen MR) is 82.0 cm³/mol. The first-order valence-corrected chi connectivity index (χ1v) is 6.86. The van der Waals surface area contributed by atoms with Crippen LogP contribution in [0.4, 0.5) is 9.59 Å². The van der Waals surface area contributed by atoms with Crippen molar-refractivity contribution >= 4 is 29.8 Å². The summed E-state index contributed by atoms with van der Waals surface area (Å²) < 4.78 is 4.67. The maximum absolute atomic E-state index is 11.4. The van der Waals surface area contributed by atoms with Crippen LogP contribution >= 0.6 is 11.6 Å². The smallest absolute Gasteiger partial charge is 0.407 e. The Morgan fingerprint density at radius 3 is 2.76 bits per heavy atom. The van der Waals surface area contributed by atoms with E-state index in [9.17, 15) is 9.59 Å². The second-order valence-corrected chi connectivity index (χ2v) is 4.37. The van der Waals surface area contributed by atoms with E-state index in [1.807, 2.05) is 12.1 Å². The number of amides is 3. The Morgan fingerprint density at radius 2 is 2.05 bits per heavy atom. The van der Waals surface area contributed by atoms with Gasteiger partial charge < -0.3 is 20.7 Å². The summed E-state index contributed by atoms with van der Waals surface area (Å²) in [6, 6.07) is 6.88. The number of urea groups is 1. The average Bonchev–Trinajstić information content (AvgIpc) is 2.44. The Morgan fingerprint density at radius 1 is 1.29 bits per heavy atom. The molecule has 0 unspecified atom stereocenters. The molecule has 3 amide bonds. The summed E-state index contributed by atoms with van der Waals surface area (Å²) in [7, 11) is 0. The Balaban J connectivity index is 2.18. The number of rotatable bonds is 6. The van der Waals surface area contributed by atoms with Gasteiger partial charge in [0.2, 0.25) is 0 Å². The molecule has 1 aromatic carbocycles. The highest BCUT2D eigenvalue weighted by Gasteiger charge is 2.00. The van der Waals surface area contributed by atoms with Crippen molar-refractivity contribution in [2.24, 2.45) is 0 Å². The molecule has 0 heterocycles. The van der Waals surface area contributed by atoms with Crippen molar-refractivity contribution in [2.75, 3.05) is 19.7 Å². The Kier molecular flexibility index (Phi) is 7.74. The average molecular weight is 312 g/mol. The fraction of sp³-hybridized carbons (Fsp3) is 0.286. The van der Waals surface area contributed by atoms with Gasteiger partial charge in [0.05, 0.1) is 6.61 Å². The summed E-state index contributed by atoms with van der Waals surface area (Å²) in [5.74, 6) is 0. The molecule has 0 radical (unpaired) electrons. The van der Waals surface area contributed by atoms with Crippen molar-refractivity contribution in [3.8, 4) is 0 Å². The van der Waals surface area contributed by atoms with Gasteiger partial charge in [0.1, 0.15) is 0 Å². The minimum atomic E-state index is -0.499. The lowest BCUT2D eigenvalue weighted by atomic mass is 10.2. The third-order valence-corrected chi connectivity index (χ3v) is 2.53. The molecule has 114 valence electrons. The number of carbonyl (C=O) groups excluding carboxylic acids is 2. The van der Waals surface area contributed by atoms with Gasteiger partial charge in [-0.05, 0) is 30.7 Å². The molecule has 0 spiro atoms. The summed E-state index contributed by atoms with van der Waals surface area (Å²) >= 11 is 5.84. The Labute approximate surface area is 128 Å². The molecule has 1 aromatic rings. The number of hydrogen-bond donors (Lipinski definition) is 3. The van der Waals surface area contributed by atoms with Crippen molar-refractivity contribution in [3.63, 3.8) is 0 Å². The molecular weight excluding hydrogens is 294 g/mol. The van der Waals surface area contributed by atoms with Crippen molar-refractivity contribution in [3.05, 3.63) is 41.1 Å². The second-order valence-electron chi connectivity index (χ2n) is 3.94. The van der Waals surface area contributed by atoms with Crippen molar-refractivity contribution in [1.82, 2.24) is 16.0 Å². The number of ether oxygens (including phenoxy) is 1. The number of benzene rings is 1. The normalized spacial score (nSPS) is 10.2. The summed E-state index contributed by atoms with van der Waals surface area (Å²) in [6.45, 7) is 2.63. The van der Waals surface area contributed by atoms with Crippen LogP contribution in [0, 0.1) is 0 Å². The van der Waals surface area contributed by atoms with E-state index in [4.69, 9.17) is 11.6 Å². The molecule has 0 aliphatic heterocycles. The SMILES string of the molecule is CCOC(=O)NCCNC(=O)N/C=C/c1cccc(Cl)c1. The number of nitrogens with one attached hydrogen (secondary N) is 3. The molecule has 7 heteroatoms. The van der Waals surface area contributed by atoms with E-state index in [0.717, 1.165) is 5.56 Å². The summed E-state index contributed by atoms with van der Waals surface area (Å²) in [5, 5.41) is 8.25. The number of halogens is 1. The molecule has 0 saturated heterocycles. The molecule has 0 atom stereocenters. The molecule has 0 aromatic heterocycles. The molecule has 0 aliphatic rings. The van der Waals surface area contributed by atoms with Crippen molar-refractivity contribution in [2.45, 2.75) is 6.92 Å². The van der Waals surface area contributed by atoms with Gasteiger partial charge in [-0.15, -0.1) is 0 Å². The van der Waals surface area contributed by atoms with Gasteiger partial charge >= 0.3 is 12.1 Å². The highest BCUT2D eigenvalue weighted by atomic mass is 35.5. The molecule has 21 heavy (non-hydrogen) atoms. The molecule has 0 saturated carbocycles. The van der Waals surface area contributed by atoms with Crippen LogP contribution < -0.4 is 16.0 Å². The number of carbonyl (C=O) groups is 2. The fourth-order valence-electron chi connectivity index (χ4n) is 1.40. The maximum atomic E-state index is 11.4. The first kappa shape index (κ1) is 16.8. The number of hydrogen-bond acceptors (Lipinski definition) is 3. The van der Waals surface area contributed by atoms with Gasteiger partial charge in [0.15, 0.2) is 0 Å². The van der Waals surface area contributed by atoms with Crippen LogP contribution in [0.3, 0.4) is 0 Å². The molecular formula is C14H18ClN3O3. The minimum absolute atomic E-state index is 0.296. The van der Waals surface area contributed by atoms with Crippen molar-refractivity contribution in [1.29, 1.82) is 0 Å². The molecule has 0 bridgehead atoms. The quantitative estimate of drug-likeness (QED) is 0.706. The van der Waals surface area contributed by atoms with Crippen LogP contribution in [0.15, 0.2) is 30.5 Å². The zero-order valence-corrected chi connectivity index (χ0v) is 12.4. The highest BCUT2D eigenvalue weighted by molar-refractivity contribution is 6.30. The molecule has 0 aliphatic carbocycles. The first-order valence-electron chi connectivity index (χ1n) is 6.49. The monoisotopic (exact) mass is 311 g/mol. The van der Waals surface area contributed by atoms with Crippen LogP contribution in [0.2, 0.25) is 5.02 Å². The Hall–Kier alpha value is -2.21. The molecule has 1 rings (SSSR count). The number of alkyl carbamates (subject to hydrolysis) is 1. The van der Waals surface area contributed by atoms with Gasteiger partial charge in [-0.2, -0.15) is 0 Å². The van der Waals surface area contributed by atoms with E-state index in [2.05, 4.69) is 20.7 Å². The van der Waals surface area contributed by atoms with Gasteiger partial charge in [0.25, 0.3) is 0 Å². The largest absolute Gasteiger partial charge is 0.450 e. The van der Waals surface area contributed by atoms with Gasteiger partial charge in [0, 0.05) is 24.3 Å². The standard InChI is InChI=1S/C14H18ClN3O3/c1-2-21-14(20)18-9-8-17-13(19)16-7-6-11-4-3-5-12(15)10-11/h3-7,10H,2,8-9H2,1H3,(H,18,20)(H2,16,17,19)/b7-6+. The van der Waals surface area contributed by atoms with Crippen LogP contribution in [0.5, 0.6) is 0 Å². The molecule has 0 fully saturated rings. The lowest BCUT2D eigenvalue weighted by Crippen LogP contribution is -2.38. The van der Waals surface area contributed by atoms with E-state index in [0.29, 0.717) is 24.7 Å². The van der Waals surface area contributed by atoms with Gasteiger partial charge in [-0.1, -0.05) is 23.7 Å². The molecule has 6 nitrogen and oxygen atoms in total. The fourth-order valence-corrected chi connectivity index (χ4v) is 1.60. The first-order chi connectivity index (χ1) is 10.1. The zero-order valence-electron chi connectivity index (χ0n) is 11.7. The van der Waals surface area contributed by atoms with E-state index in [1.165, 1.54) is 6.20 Å². The zero-order chi connectivity index (χ0) is 15.5. The summed E-state index contributed by atoms with van der Waals surface area (Å²) in [6.07, 6.45) is 2.74. The lowest BCUT2D eigenvalue weighted by molar-refractivity contribution is 0.152. The van der Waals surface area contributed by atoms with Crippen LogP contribution in [-0.2, 0) is 4.74 Å². The molecule has 3 N–H and O–H groups in total. The third-order valence-electron chi connectivity index (χ3n) is 2.29. The van der Waals surface area contributed by atoms with E-state index in [1.54, 1.807) is 25.1 Å². The second kappa shape index (κ2) is 9.66. The summed E-state index contributed by atoms with van der Waals surface area (Å²) in [4.78, 5) is 22.4. The van der Waals surface area contributed by atoms with Gasteiger partial charge in [-0.3, -0.25) is 0 Å². The van der Waals surface area contributed by atoms with E-state index < -0.39 is 6.09 Å². The van der Waals surface area contributed by atoms with E-state index >= 15 is 0 Å². The predicted octanol–water partition coefficient (Wildman–Crippen LogP) is 2.36. The minimum Gasteiger partial charge on any atom is -0.450 e. The van der Waals surface area contributed by atoms with E-state index in [-0.39, 0.29) is 6.03 Å². The van der Waals surface area contributed by atoms with Crippen LogP contribution in [0.25, 0.3) is 6.08 Å². The maximum Gasteiger partial charge on any atom is 0.407 e. The summed E-state index contributed by atoms with van der Waals surface area (Å²) in [5.41, 5.74) is 0.881. The van der Waals surface area contributed by atoms with Crippen molar-refractivity contribution < 1.29 is 14.3 Å². The topological polar surface area (TPSA) is 79.5 Å².